The third-order valence-corrected chi connectivity index (χ3v) is 2.62. The van der Waals surface area contributed by atoms with Gasteiger partial charge < -0.3 is 0 Å². The Morgan fingerprint density at radius 3 is 2.65 bits per heavy atom. The molecule has 0 aliphatic rings. The summed E-state index contributed by atoms with van der Waals surface area (Å²) in [5.74, 6) is 0. The molecule has 0 unspecified atom stereocenters. The lowest BCUT2D eigenvalue weighted by Gasteiger charge is -2.09. The molecule has 0 N–H and O–H groups in total. The number of nitrogens with zero attached hydrogens (tertiary/aromatic N) is 3. The van der Waals surface area contributed by atoms with Crippen LogP contribution in [0.1, 0.15) is 15.9 Å². The van der Waals surface area contributed by atoms with E-state index >= 15 is 0 Å². The van der Waals surface area contributed by atoms with Crippen molar-refractivity contribution in [2.24, 2.45) is 0 Å². The van der Waals surface area contributed by atoms with Gasteiger partial charge in [0, 0.05) is 17.3 Å². The predicted octanol–water partition coefficient (Wildman–Crippen LogP) is 2.90. The van der Waals surface area contributed by atoms with Crippen molar-refractivity contribution < 1.29 is 18.0 Å². The van der Waals surface area contributed by atoms with Crippen LogP contribution in [0.5, 0.6) is 0 Å². The van der Waals surface area contributed by atoms with Gasteiger partial charge in [0.15, 0.2) is 0 Å². The molecule has 0 spiro atoms. The fourth-order valence-corrected chi connectivity index (χ4v) is 1.72. The highest BCUT2D eigenvalue weighted by Crippen LogP contribution is 2.33. The monoisotopic (exact) mass is 279 g/mol. The molecule has 0 fully saturated rings. The van der Waals surface area contributed by atoms with Gasteiger partial charge in [0.25, 0.3) is 0 Å². The van der Waals surface area contributed by atoms with Crippen LogP contribution in [0.2, 0.25) is 0 Å². The van der Waals surface area contributed by atoms with E-state index in [0.29, 0.717) is 11.8 Å². The summed E-state index contributed by atoms with van der Waals surface area (Å²) in [6, 6.07) is 4.95. The highest BCUT2D eigenvalue weighted by molar-refractivity contribution is 5.79. The largest absolute Gasteiger partial charge is 0.416 e. The number of aldehydes is 1. The quantitative estimate of drug-likeness (QED) is 0.812. The van der Waals surface area contributed by atoms with E-state index in [2.05, 4.69) is 5.10 Å². The second-order valence-electron chi connectivity index (χ2n) is 4.04. The summed E-state index contributed by atoms with van der Waals surface area (Å²) >= 11 is 0. The Hall–Kier alpha value is -2.62. The van der Waals surface area contributed by atoms with E-state index < -0.39 is 11.7 Å². The normalized spacial score (nSPS) is 11.1. The van der Waals surface area contributed by atoms with Crippen molar-refractivity contribution in [1.29, 1.82) is 5.26 Å². The topological polar surface area (TPSA) is 58.7 Å². The lowest BCUT2D eigenvalue weighted by molar-refractivity contribution is -0.137. The van der Waals surface area contributed by atoms with E-state index in [9.17, 15) is 18.0 Å². The molecule has 4 nitrogen and oxygen atoms in total. The summed E-state index contributed by atoms with van der Waals surface area (Å²) in [6.07, 6.45) is -1.37. The smallest absolute Gasteiger partial charge is 0.298 e. The molecule has 1 aromatic carbocycles. The standard InChI is InChI=1S/C13H8F3N3O/c14-13(15,16)12-4-9(8-20)3-10(5-12)11-6-18-19(7-11)2-1-17/h3-8H,2H2. The van der Waals surface area contributed by atoms with Crippen molar-refractivity contribution in [1.82, 2.24) is 9.78 Å². The van der Waals surface area contributed by atoms with Gasteiger partial charge in [0.05, 0.1) is 17.8 Å². The Bertz CT molecular complexity index is 683. The zero-order valence-electron chi connectivity index (χ0n) is 10.1. The average Bonchev–Trinajstić information content (AvgIpc) is 2.86. The molecule has 0 amide bonds. The maximum atomic E-state index is 12.7. The van der Waals surface area contributed by atoms with Crippen LogP contribution in [0.4, 0.5) is 13.2 Å². The minimum atomic E-state index is -4.53. The van der Waals surface area contributed by atoms with Crippen molar-refractivity contribution in [3.8, 4) is 17.2 Å². The maximum absolute atomic E-state index is 12.7. The van der Waals surface area contributed by atoms with Crippen LogP contribution >= 0.6 is 0 Å². The summed E-state index contributed by atoms with van der Waals surface area (Å²) in [6.45, 7) is -0.000497. The molecule has 2 aromatic rings. The van der Waals surface area contributed by atoms with Gasteiger partial charge in [0.2, 0.25) is 0 Å². The molecule has 0 saturated carbocycles. The van der Waals surface area contributed by atoms with Crippen molar-refractivity contribution in [3.63, 3.8) is 0 Å². The minimum Gasteiger partial charge on any atom is -0.298 e. The Morgan fingerprint density at radius 2 is 2.05 bits per heavy atom. The molecule has 7 heteroatoms. The lowest BCUT2D eigenvalue weighted by atomic mass is 10.0. The highest BCUT2D eigenvalue weighted by Gasteiger charge is 2.31. The first-order valence-electron chi connectivity index (χ1n) is 5.51. The Balaban J connectivity index is 2.50. The summed E-state index contributed by atoms with van der Waals surface area (Å²) in [5.41, 5.74) is -0.325. The molecule has 0 aliphatic heterocycles. The van der Waals surface area contributed by atoms with Gasteiger partial charge in [-0.2, -0.15) is 23.5 Å². The van der Waals surface area contributed by atoms with Crippen LogP contribution in [0.15, 0.2) is 30.6 Å². The molecule has 2 rings (SSSR count). The predicted molar refractivity (Wildman–Crippen MR) is 63.7 cm³/mol. The number of benzene rings is 1. The lowest BCUT2D eigenvalue weighted by Crippen LogP contribution is -2.05. The SMILES string of the molecule is N#CCn1cc(-c2cc(C=O)cc(C(F)(F)F)c2)cn1. The number of carbonyl (C=O) groups excluding carboxylic acids is 1. The van der Waals surface area contributed by atoms with Crippen molar-refractivity contribution in [3.05, 3.63) is 41.7 Å². The van der Waals surface area contributed by atoms with Gasteiger partial charge in [0.1, 0.15) is 12.8 Å². The fourth-order valence-electron chi connectivity index (χ4n) is 1.72. The summed E-state index contributed by atoms with van der Waals surface area (Å²) in [5, 5.41) is 12.4. The van der Waals surface area contributed by atoms with Crippen LogP contribution in [0.3, 0.4) is 0 Å². The molecule has 0 saturated heterocycles. The second-order valence-corrected chi connectivity index (χ2v) is 4.04. The van der Waals surface area contributed by atoms with Crippen LogP contribution in [0, 0.1) is 11.3 Å². The van der Waals surface area contributed by atoms with Crippen LogP contribution in [-0.2, 0) is 12.7 Å². The molecule has 102 valence electrons. The first kappa shape index (κ1) is 13.8. The van der Waals surface area contributed by atoms with Gasteiger partial charge in [-0.05, 0) is 23.8 Å². The van der Waals surface area contributed by atoms with E-state index in [0.717, 1.165) is 12.1 Å². The Labute approximate surface area is 112 Å². The van der Waals surface area contributed by atoms with E-state index in [1.807, 2.05) is 6.07 Å². The van der Waals surface area contributed by atoms with Crippen molar-refractivity contribution in [2.45, 2.75) is 12.7 Å². The van der Waals surface area contributed by atoms with E-state index in [1.165, 1.54) is 23.1 Å². The summed E-state index contributed by atoms with van der Waals surface area (Å²) < 4.78 is 39.5. The molecule has 0 aliphatic carbocycles. The molecule has 1 aromatic heterocycles. The van der Waals surface area contributed by atoms with Gasteiger partial charge in [-0.3, -0.25) is 9.48 Å². The molecular formula is C13H8F3N3O. The number of hydrogen-bond donors (Lipinski definition) is 0. The van der Waals surface area contributed by atoms with E-state index in [-0.39, 0.29) is 17.7 Å². The number of rotatable bonds is 3. The Kier molecular flexibility index (Phi) is 3.57. The zero-order chi connectivity index (χ0) is 14.8. The average molecular weight is 279 g/mol. The molecule has 0 bridgehead atoms. The molecule has 20 heavy (non-hydrogen) atoms. The third kappa shape index (κ3) is 2.85. The van der Waals surface area contributed by atoms with Crippen molar-refractivity contribution >= 4 is 6.29 Å². The molecule has 0 radical (unpaired) electrons. The third-order valence-electron chi connectivity index (χ3n) is 2.62. The van der Waals surface area contributed by atoms with Crippen molar-refractivity contribution in [2.75, 3.05) is 0 Å². The number of aromatic nitrogens is 2. The first-order valence-corrected chi connectivity index (χ1v) is 5.51. The maximum Gasteiger partial charge on any atom is 0.416 e. The number of carbonyl (C=O) groups is 1. The number of hydrogen-bond acceptors (Lipinski definition) is 3. The fraction of sp³-hybridized carbons (Fsp3) is 0.154. The number of nitriles is 1. The zero-order valence-corrected chi connectivity index (χ0v) is 10.1. The molecule has 0 atom stereocenters. The second kappa shape index (κ2) is 5.17. The summed E-state index contributed by atoms with van der Waals surface area (Å²) in [4.78, 5) is 10.7. The van der Waals surface area contributed by atoms with E-state index in [1.54, 1.807) is 0 Å². The van der Waals surface area contributed by atoms with Gasteiger partial charge in [-0.25, -0.2) is 0 Å². The summed E-state index contributed by atoms with van der Waals surface area (Å²) in [7, 11) is 0. The minimum absolute atomic E-state index is 0.000497. The van der Waals surface area contributed by atoms with Crippen LogP contribution < -0.4 is 0 Å². The first-order chi connectivity index (χ1) is 9.44. The van der Waals surface area contributed by atoms with E-state index in [4.69, 9.17) is 5.26 Å². The number of halogens is 3. The van der Waals surface area contributed by atoms with Gasteiger partial charge in [-0.1, -0.05) is 0 Å². The Morgan fingerprint density at radius 1 is 1.30 bits per heavy atom. The van der Waals surface area contributed by atoms with Gasteiger partial charge >= 0.3 is 6.18 Å². The van der Waals surface area contributed by atoms with Crippen LogP contribution in [0.25, 0.3) is 11.1 Å². The highest BCUT2D eigenvalue weighted by atomic mass is 19.4. The number of alkyl halides is 3. The molecular weight excluding hydrogens is 271 g/mol. The molecule has 1 heterocycles. The van der Waals surface area contributed by atoms with Gasteiger partial charge in [-0.15, -0.1) is 0 Å². The van der Waals surface area contributed by atoms with Crippen LogP contribution in [-0.4, -0.2) is 16.1 Å².